The van der Waals surface area contributed by atoms with E-state index < -0.39 is 11.4 Å². The third-order valence-corrected chi connectivity index (χ3v) is 4.76. The zero-order chi connectivity index (χ0) is 17.7. The second-order valence-corrected chi connectivity index (χ2v) is 6.64. The van der Waals surface area contributed by atoms with E-state index in [2.05, 4.69) is 15.0 Å². The summed E-state index contributed by atoms with van der Waals surface area (Å²) >= 11 is 13.7. The molecule has 0 amide bonds. The van der Waals surface area contributed by atoms with Gasteiger partial charge >= 0.3 is 0 Å². The third-order valence-electron chi connectivity index (χ3n) is 3.62. The van der Waals surface area contributed by atoms with Gasteiger partial charge in [0.05, 0.1) is 15.7 Å². The number of halogens is 3. The van der Waals surface area contributed by atoms with Crippen molar-refractivity contribution >= 4 is 51.8 Å². The van der Waals surface area contributed by atoms with Crippen molar-refractivity contribution < 1.29 is 4.39 Å². The fourth-order valence-corrected chi connectivity index (χ4v) is 3.54. The maximum atomic E-state index is 13.5. The summed E-state index contributed by atoms with van der Waals surface area (Å²) in [4.78, 5) is 25.8. The van der Waals surface area contributed by atoms with Gasteiger partial charge in [0.15, 0.2) is 10.8 Å². The molecule has 0 atom stereocenters. The molecule has 0 aliphatic heterocycles. The van der Waals surface area contributed by atoms with Gasteiger partial charge < -0.3 is 0 Å². The van der Waals surface area contributed by atoms with Crippen molar-refractivity contribution in [3.63, 3.8) is 0 Å². The van der Waals surface area contributed by atoms with Crippen LogP contribution in [0.3, 0.4) is 0 Å². The Bertz CT molecular complexity index is 1180. The summed E-state index contributed by atoms with van der Waals surface area (Å²) in [5.74, 6) is -0.335. The van der Waals surface area contributed by atoms with E-state index in [1.54, 1.807) is 10.6 Å². The lowest BCUT2D eigenvalue weighted by atomic mass is 10.3. The van der Waals surface area contributed by atoms with Crippen molar-refractivity contribution in [1.29, 1.82) is 0 Å². The Hall–Kier alpha value is -2.16. The van der Waals surface area contributed by atoms with E-state index in [0.717, 1.165) is 12.1 Å². The Balaban J connectivity index is 2.21. The number of benzene rings is 1. The summed E-state index contributed by atoms with van der Waals surface area (Å²) in [6, 6.07) is 2.18. The molecule has 1 aromatic carbocycles. The zero-order valence-corrected chi connectivity index (χ0v) is 14.9. The maximum absolute atomic E-state index is 13.5. The molecule has 126 valence electrons. The van der Waals surface area contributed by atoms with E-state index >= 15 is 0 Å². The van der Waals surface area contributed by atoms with Crippen LogP contribution in [-0.2, 0) is 0 Å². The summed E-state index contributed by atoms with van der Waals surface area (Å²) in [6.45, 7) is 0. The normalized spacial score (nSPS) is 11.5. The molecule has 10 heteroatoms. The largest absolute Gasteiger partial charge is 0.270 e. The van der Waals surface area contributed by atoms with Crippen LogP contribution in [0, 0.1) is 5.82 Å². The van der Waals surface area contributed by atoms with Gasteiger partial charge in [0.2, 0.25) is 5.78 Å². The van der Waals surface area contributed by atoms with Crippen LogP contribution in [0.25, 0.3) is 22.5 Å². The Morgan fingerprint density at radius 3 is 2.60 bits per heavy atom. The molecule has 0 saturated carbocycles. The molecule has 4 rings (SSSR count). The Morgan fingerprint density at radius 2 is 1.92 bits per heavy atom. The van der Waals surface area contributed by atoms with Gasteiger partial charge in [-0.15, -0.1) is 0 Å². The van der Waals surface area contributed by atoms with Crippen molar-refractivity contribution in [2.75, 3.05) is 6.26 Å². The van der Waals surface area contributed by atoms with E-state index in [0.29, 0.717) is 10.8 Å². The minimum Gasteiger partial charge on any atom is -0.268 e. The van der Waals surface area contributed by atoms with Gasteiger partial charge in [-0.05, 0) is 18.4 Å². The molecule has 0 spiro atoms. The van der Waals surface area contributed by atoms with Gasteiger partial charge in [-0.2, -0.15) is 0 Å². The second-order valence-electron chi connectivity index (χ2n) is 5.05. The minimum absolute atomic E-state index is 0.00185. The molecule has 6 nitrogen and oxygen atoms in total. The highest BCUT2D eigenvalue weighted by atomic mass is 35.5. The van der Waals surface area contributed by atoms with Crippen molar-refractivity contribution in [1.82, 2.24) is 23.9 Å². The standard InChI is InChI=1S/C15H8Cl2FN5OS/c1-25-14-20-6-8-12(21-14)22-3-2-19-15(22)23(13(8)24)11-9(16)4-7(18)5-10(11)17/h2-6H,1H3. The minimum atomic E-state index is -0.597. The summed E-state index contributed by atoms with van der Waals surface area (Å²) in [6.07, 6.45) is 6.47. The Morgan fingerprint density at radius 1 is 1.20 bits per heavy atom. The van der Waals surface area contributed by atoms with Crippen molar-refractivity contribution in [2.45, 2.75) is 5.16 Å². The number of thioether (sulfide) groups is 1. The van der Waals surface area contributed by atoms with Crippen molar-refractivity contribution in [3.8, 4) is 5.69 Å². The first-order valence-corrected chi connectivity index (χ1v) is 8.93. The van der Waals surface area contributed by atoms with Crippen LogP contribution >= 0.6 is 35.0 Å². The predicted octanol–water partition coefficient (Wildman–Crippen LogP) is 3.60. The summed E-state index contributed by atoms with van der Waals surface area (Å²) in [5, 5.41) is 0.785. The van der Waals surface area contributed by atoms with E-state index in [-0.39, 0.29) is 26.9 Å². The molecule has 3 heterocycles. The molecule has 25 heavy (non-hydrogen) atoms. The zero-order valence-electron chi connectivity index (χ0n) is 12.6. The molecule has 4 aromatic rings. The molecule has 0 radical (unpaired) electrons. The lowest BCUT2D eigenvalue weighted by Crippen LogP contribution is -2.23. The highest BCUT2D eigenvalue weighted by Gasteiger charge is 2.19. The highest BCUT2D eigenvalue weighted by Crippen LogP contribution is 2.30. The fraction of sp³-hybridized carbons (Fsp3) is 0.0667. The summed E-state index contributed by atoms with van der Waals surface area (Å²) in [5.41, 5.74) is 0.126. The molecule has 0 aliphatic carbocycles. The monoisotopic (exact) mass is 395 g/mol. The van der Waals surface area contributed by atoms with Crippen LogP contribution in [-0.4, -0.2) is 30.2 Å². The number of rotatable bonds is 2. The van der Waals surface area contributed by atoms with Gasteiger partial charge in [0.1, 0.15) is 11.2 Å². The van der Waals surface area contributed by atoms with E-state index in [4.69, 9.17) is 23.2 Å². The smallest absolute Gasteiger partial charge is 0.268 e. The molecule has 0 N–H and O–H groups in total. The number of nitrogens with zero attached hydrogens (tertiary/aromatic N) is 5. The van der Waals surface area contributed by atoms with Crippen LogP contribution < -0.4 is 5.56 Å². The van der Waals surface area contributed by atoms with Gasteiger partial charge in [0, 0.05) is 18.6 Å². The Kier molecular flexibility index (Phi) is 3.90. The number of hydrogen-bond acceptors (Lipinski definition) is 5. The maximum Gasteiger partial charge on any atom is 0.270 e. The summed E-state index contributed by atoms with van der Waals surface area (Å²) < 4.78 is 16.4. The van der Waals surface area contributed by atoms with Crippen molar-refractivity contribution in [2.24, 2.45) is 0 Å². The number of aromatic nitrogens is 5. The van der Waals surface area contributed by atoms with E-state index in [1.165, 1.54) is 28.7 Å². The van der Waals surface area contributed by atoms with Gasteiger partial charge in [-0.3, -0.25) is 9.20 Å². The van der Waals surface area contributed by atoms with E-state index in [9.17, 15) is 9.18 Å². The van der Waals surface area contributed by atoms with Crippen LogP contribution in [0.5, 0.6) is 0 Å². The lowest BCUT2D eigenvalue weighted by molar-refractivity contribution is 0.627. The van der Waals surface area contributed by atoms with Gasteiger partial charge in [-0.25, -0.2) is 23.9 Å². The van der Waals surface area contributed by atoms with Crippen LogP contribution in [0.15, 0.2) is 40.7 Å². The highest BCUT2D eigenvalue weighted by molar-refractivity contribution is 7.98. The molecule has 3 aromatic heterocycles. The van der Waals surface area contributed by atoms with Crippen LogP contribution in [0.2, 0.25) is 10.0 Å². The van der Waals surface area contributed by atoms with Crippen LogP contribution in [0.4, 0.5) is 4.39 Å². The SMILES string of the molecule is CSc1ncc2c(=O)n(-c3c(Cl)cc(F)cc3Cl)c3nccn3c2n1. The van der Waals surface area contributed by atoms with Crippen LogP contribution in [0.1, 0.15) is 0 Å². The van der Waals surface area contributed by atoms with E-state index in [1.807, 2.05) is 6.26 Å². The lowest BCUT2D eigenvalue weighted by Gasteiger charge is -2.13. The predicted molar refractivity (Wildman–Crippen MR) is 95.6 cm³/mol. The molecular weight excluding hydrogens is 388 g/mol. The molecule has 0 fully saturated rings. The molecular formula is C15H8Cl2FN5OS. The molecule has 0 unspecified atom stereocenters. The number of hydrogen-bond donors (Lipinski definition) is 0. The fourth-order valence-electron chi connectivity index (χ4n) is 2.58. The Labute approximate surface area is 154 Å². The van der Waals surface area contributed by atoms with Gasteiger partial charge in [0.25, 0.3) is 5.56 Å². The summed E-state index contributed by atoms with van der Waals surface area (Å²) in [7, 11) is 0. The van der Waals surface area contributed by atoms with Gasteiger partial charge in [-0.1, -0.05) is 35.0 Å². The third kappa shape index (κ3) is 2.48. The molecule has 0 aliphatic rings. The first-order chi connectivity index (χ1) is 12.0. The molecule has 0 bridgehead atoms. The molecule has 0 saturated heterocycles. The number of imidazole rings is 1. The second kappa shape index (κ2) is 5.98. The number of fused-ring (bicyclic) bond motifs is 3. The first-order valence-electron chi connectivity index (χ1n) is 6.95. The van der Waals surface area contributed by atoms with Crippen molar-refractivity contribution in [3.05, 3.63) is 56.9 Å². The average molecular weight is 396 g/mol. The average Bonchev–Trinajstić information content (AvgIpc) is 3.06. The topological polar surface area (TPSA) is 65.1 Å². The quantitative estimate of drug-likeness (QED) is 0.383. The first kappa shape index (κ1) is 16.3.